The first-order valence-corrected chi connectivity index (χ1v) is 11.7. The van der Waals surface area contributed by atoms with Crippen molar-refractivity contribution >= 4 is 58.7 Å². The molecule has 0 spiro atoms. The van der Waals surface area contributed by atoms with E-state index in [4.69, 9.17) is 44.3 Å². The maximum Gasteiger partial charge on any atom is 0.408 e. The molecule has 13 heteroatoms. The standard InChI is InChI=1S/C20H33Cl3N4O6/c1-11(2)14(25-18(31)33-19(4,5)6)15(28)24-12(3)16(29)27-9-7-8-13(26-27)17(30)32-10-20(21,22)23/h11-14,26H,7-10H2,1-6H3,(H,24,28)(H,25,31)/t12-,13-,14?/m0/s1. The largest absolute Gasteiger partial charge is 0.460 e. The number of nitrogens with zero attached hydrogens (tertiary/aromatic N) is 1. The van der Waals surface area contributed by atoms with Gasteiger partial charge in [-0.3, -0.25) is 19.4 Å². The Morgan fingerprint density at radius 2 is 1.70 bits per heavy atom. The Hall–Kier alpha value is -1.49. The zero-order chi connectivity index (χ0) is 25.6. The topological polar surface area (TPSA) is 126 Å². The highest BCUT2D eigenvalue weighted by molar-refractivity contribution is 6.67. The lowest BCUT2D eigenvalue weighted by atomic mass is 10.0. The Balaban J connectivity index is 2.70. The third-order valence-electron chi connectivity index (χ3n) is 4.47. The van der Waals surface area contributed by atoms with E-state index >= 15 is 0 Å². The average Bonchev–Trinajstić information content (AvgIpc) is 2.67. The fraction of sp³-hybridized carbons (Fsp3) is 0.800. The molecule has 1 aliphatic heterocycles. The van der Waals surface area contributed by atoms with Crippen LogP contribution in [-0.4, -0.2) is 69.6 Å². The van der Waals surface area contributed by atoms with Gasteiger partial charge >= 0.3 is 12.1 Å². The number of hydrazine groups is 1. The van der Waals surface area contributed by atoms with Gasteiger partial charge in [-0.05, 0) is 46.5 Å². The van der Waals surface area contributed by atoms with E-state index in [1.165, 1.54) is 11.9 Å². The van der Waals surface area contributed by atoms with Gasteiger partial charge in [0.1, 0.15) is 30.3 Å². The number of alkyl halides is 3. The first-order chi connectivity index (χ1) is 15.0. The molecule has 0 saturated carbocycles. The number of ether oxygens (including phenoxy) is 2. The van der Waals surface area contributed by atoms with E-state index in [9.17, 15) is 19.2 Å². The van der Waals surface area contributed by atoms with Crippen molar-refractivity contribution in [3.63, 3.8) is 0 Å². The molecule has 3 amide bonds. The van der Waals surface area contributed by atoms with Crippen LogP contribution in [0.15, 0.2) is 0 Å². The minimum absolute atomic E-state index is 0.259. The van der Waals surface area contributed by atoms with Crippen molar-refractivity contribution in [1.29, 1.82) is 0 Å². The fourth-order valence-corrected chi connectivity index (χ4v) is 3.10. The molecule has 1 saturated heterocycles. The zero-order valence-electron chi connectivity index (χ0n) is 19.7. The SMILES string of the molecule is CC(C)C(NC(=O)OC(C)(C)C)C(=O)N[C@@H](C)C(=O)N1CCC[C@@H](C(=O)OCC(Cl)(Cl)Cl)N1. The molecule has 1 rings (SSSR count). The molecule has 3 atom stereocenters. The number of halogens is 3. The minimum Gasteiger partial charge on any atom is -0.460 e. The molecular weight excluding hydrogens is 499 g/mol. The Kier molecular flexibility index (Phi) is 11.0. The molecule has 0 aromatic carbocycles. The van der Waals surface area contributed by atoms with Crippen LogP contribution in [0.2, 0.25) is 0 Å². The van der Waals surface area contributed by atoms with Crippen molar-refractivity contribution in [1.82, 2.24) is 21.1 Å². The summed E-state index contributed by atoms with van der Waals surface area (Å²) in [7, 11) is 0. The third kappa shape index (κ3) is 11.0. The molecular formula is C20H33Cl3N4O6. The molecule has 33 heavy (non-hydrogen) atoms. The molecule has 1 unspecified atom stereocenters. The van der Waals surface area contributed by atoms with Crippen molar-refractivity contribution in [3.8, 4) is 0 Å². The van der Waals surface area contributed by atoms with Gasteiger partial charge in [-0.15, -0.1) is 0 Å². The van der Waals surface area contributed by atoms with Crippen LogP contribution in [0.4, 0.5) is 4.79 Å². The second-order valence-electron chi connectivity index (χ2n) is 9.13. The van der Waals surface area contributed by atoms with Gasteiger partial charge in [-0.1, -0.05) is 48.7 Å². The van der Waals surface area contributed by atoms with Crippen LogP contribution in [0.3, 0.4) is 0 Å². The van der Waals surface area contributed by atoms with Crippen LogP contribution in [0, 0.1) is 5.92 Å². The lowest BCUT2D eigenvalue weighted by molar-refractivity contribution is -0.152. The van der Waals surface area contributed by atoms with Crippen molar-refractivity contribution in [2.24, 2.45) is 5.92 Å². The van der Waals surface area contributed by atoms with E-state index in [1.54, 1.807) is 34.6 Å². The summed E-state index contributed by atoms with van der Waals surface area (Å²) in [5.74, 6) is -1.91. The van der Waals surface area contributed by atoms with E-state index in [0.29, 0.717) is 19.4 Å². The quantitative estimate of drug-likeness (QED) is 0.340. The zero-order valence-corrected chi connectivity index (χ0v) is 21.9. The highest BCUT2D eigenvalue weighted by atomic mass is 35.6. The summed E-state index contributed by atoms with van der Waals surface area (Å²) in [4.78, 5) is 49.9. The highest BCUT2D eigenvalue weighted by Crippen LogP contribution is 2.26. The number of alkyl carbamates (subject to hydrolysis) is 1. The smallest absolute Gasteiger partial charge is 0.408 e. The van der Waals surface area contributed by atoms with Crippen LogP contribution in [-0.2, 0) is 23.9 Å². The highest BCUT2D eigenvalue weighted by Gasteiger charge is 2.34. The van der Waals surface area contributed by atoms with Crippen LogP contribution in [0.5, 0.6) is 0 Å². The van der Waals surface area contributed by atoms with Crippen molar-refractivity contribution < 1.29 is 28.7 Å². The summed E-state index contributed by atoms with van der Waals surface area (Å²) in [5.41, 5.74) is 2.07. The van der Waals surface area contributed by atoms with Gasteiger partial charge in [0.2, 0.25) is 9.70 Å². The number of hydrogen-bond acceptors (Lipinski definition) is 7. The summed E-state index contributed by atoms with van der Waals surface area (Å²) in [6.45, 7) is 10.1. The first-order valence-electron chi connectivity index (χ1n) is 10.6. The summed E-state index contributed by atoms with van der Waals surface area (Å²) >= 11 is 16.8. The number of rotatable bonds is 7. The molecule has 0 bridgehead atoms. The summed E-state index contributed by atoms with van der Waals surface area (Å²) < 4.78 is 8.44. The van der Waals surface area contributed by atoms with E-state index < -0.39 is 58.0 Å². The van der Waals surface area contributed by atoms with Gasteiger partial charge in [0.15, 0.2) is 0 Å². The molecule has 1 fully saturated rings. The fourth-order valence-electron chi connectivity index (χ4n) is 2.94. The summed E-state index contributed by atoms with van der Waals surface area (Å²) in [5, 5.41) is 6.40. The number of esters is 1. The second-order valence-corrected chi connectivity index (χ2v) is 11.7. The van der Waals surface area contributed by atoms with Crippen LogP contribution >= 0.6 is 34.8 Å². The van der Waals surface area contributed by atoms with Gasteiger partial charge in [0.05, 0.1) is 0 Å². The molecule has 1 aliphatic rings. The Morgan fingerprint density at radius 1 is 1.09 bits per heavy atom. The lowest BCUT2D eigenvalue weighted by Crippen LogP contribution is -2.61. The van der Waals surface area contributed by atoms with Gasteiger partial charge in [-0.25, -0.2) is 10.2 Å². The summed E-state index contributed by atoms with van der Waals surface area (Å²) in [6.07, 6.45) is 0.226. The molecule has 0 aromatic heterocycles. The second kappa shape index (κ2) is 12.3. The molecule has 3 N–H and O–H groups in total. The molecule has 10 nitrogen and oxygen atoms in total. The first kappa shape index (κ1) is 29.5. The lowest BCUT2D eigenvalue weighted by Gasteiger charge is -2.34. The van der Waals surface area contributed by atoms with Crippen molar-refractivity contribution in [2.75, 3.05) is 13.2 Å². The van der Waals surface area contributed by atoms with Crippen LogP contribution < -0.4 is 16.1 Å². The number of hydrogen-bond donors (Lipinski definition) is 3. The van der Waals surface area contributed by atoms with Crippen molar-refractivity contribution in [2.45, 2.75) is 81.9 Å². The van der Waals surface area contributed by atoms with Crippen molar-refractivity contribution in [3.05, 3.63) is 0 Å². The van der Waals surface area contributed by atoms with Crippen LogP contribution in [0.25, 0.3) is 0 Å². The predicted octanol–water partition coefficient (Wildman–Crippen LogP) is 2.45. The minimum atomic E-state index is -1.74. The van der Waals surface area contributed by atoms with Gasteiger partial charge < -0.3 is 20.1 Å². The van der Waals surface area contributed by atoms with Gasteiger partial charge in [0.25, 0.3) is 5.91 Å². The predicted molar refractivity (Wildman–Crippen MR) is 125 cm³/mol. The van der Waals surface area contributed by atoms with Gasteiger partial charge in [0, 0.05) is 6.54 Å². The Bertz CT molecular complexity index is 724. The average molecular weight is 532 g/mol. The number of carbonyl (C=O) groups excluding carboxylic acids is 4. The molecule has 190 valence electrons. The van der Waals surface area contributed by atoms with E-state index in [-0.39, 0.29) is 5.92 Å². The maximum absolute atomic E-state index is 12.8. The third-order valence-corrected chi connectivity index (χ3v) is 4.79. The number of nitrogens with one attached hydrogen (secondary N) is 3. The van der Waals surface area contributed by atoms with E-state index in [1.807, 2.05) is 0 Å². The molecule has 1 heterocycles. The Labute approximate surface area is 209 Å². The number of carbonyl (C=O) groups is 4. The normalized spacial score (nSPS) is 18.8. The molecule has 0 aromatic rings. The molecule has 0 aliphatic carbocycles. The monoisotopic (exact) mass is 530 g/mol. The summed E-state index contributed by atoms with van der Waals surface area (Å²) in [6, 6.07) is -2.63. The van der Waals surface area contributed by atoms with Crippen LogP contribution in [0.1, 0.15) is 54.4 Å². The van der Waals surface area contributed by atoms with Gasteiger partial charge in [-0.2, -0.15) is 0 Å². The van der Waals surface area contributed by atoms with E-state index in [2.05, 4.69) is 16.1 Å². The maximum atomic E-state index is 12.8. The molecule has 0 radical (unpaired) electrons. The Morgan fingerprint density at radius 3 is 2.21 bits per heavy atom. The van der Waals surface area contributed by atoms with E-state index in [0.717, 1.165) is 0 Å². The number of amides is 3.